The highest BCUT2D eigenvalue weighted by Crippen LogP contribution is 2.18. The van der Waals surface area contributed by atoms with E-state index in [0.717, 1.165) is 51.9 Å². The van der Waals surface area contributed by atoms with Crippen molar-refractivity contribution in [3.05, 3.63) is 0 Å². The van der Waals surface area contributed by atoms with Crippen LogP contribution < -0.4 is 0 Å². The molecule has 6 heteroatoms. The molecule has 0 aliphatic carbocycles. The van der Waals surface area contributed by atoms with Crippen LogP contribution in [-0.4, -0.2) is 71.7 Å². The van der Waals surface area contributed by atoms with Gasteiger partial charge >= 0.3 is 5.97 Å². The summed E-state index contributed by atoms with van der Waals surface area (Å²) in [6.07, 6.45) is 5.06. The van der Waals surface area contributed by atoms with E-state index < -0.39 is 5.97 Å². The molecule has 0 radical (unpaired) electrons. The van der Waals surface area contributed by atoms with Crippen LogP contribution in [-0.2, 0) is 14.3 Å². The van der Waals surface area contributed by atoms with Crippen LogP contribution in [0, 0.1) is 0 Å². The maximum atomic E-state index is 12.5. The third kappa shape index (κ3) is 4.68. The van der Waals surface area contributed by atoms with Gasteiger partial charge in [-0.1, -0.05) is 0 Å². The molecule has 0 aromatic heterocycles. The highest BCUT2D eigenvalue weighted by molar-refractivity contribution is 5.81. The number of carboxylic acids is 1. The van der Waals surface area contributed by atoms with Crippen molar-refractivity contribution < 1.29 is 19.4 Å². The van der Waals surface area contributed by atoms with Gasteiger partial charge in [-0.05, 0) is 39.0 Å². The fourth-order valence-corrected chi connectivity index (χ4v) is 3.15. The molecule has 0 saturated carbocycles. The number of carbonyl (C=O) groups excluding carboxylic acids is 1. The SMILES string of the molecule is CC(C(=O)N1CCCCC1)N1CCC(OCC(=O)O)CC1. The number of piperidine rings is 2. The monoisotopic (exact) mass is 298 g/mol. The number of carbonyl (C=O) groups is 2. The summed E-state index contributed by atoms with van der Waals surface area (Å²) in [5.41, 5.74) is 0. The average molecular weight is 298 g/mol. The zero-order valence-corrected chi connectivity index (χ0v) is 12.8. The van der Waals surface area contributed by atoms with Gasteiger partial charge in [0.1, 0.15) is 6.61 Å². The summed E-state index contributed by atoms with van der Waals surface area (Å²) in [6.45, 7) is 5.13. The van der Waals surface area contributed by atoms with Crippen LogP contribution in [0.1, 0.15) is 39.0 Å². The Labute approximate surface area is 126 Å². The lowest BCUT2D eigenvalue weighted by Crippen LogP contribution is -2.51. The molecular formula is C15H26N2O4. The van der Waals surface area contributed by atoms with Crippen LogP contribution in [0.15, 0.2) is 0 Å². The van der Waals surface area contributed by atoms with Gasteiger partial charge in [0.05, 0.1) is 12.1 Å². The van der Waals surface area contributed by atoms with Crippen LogP contribution in [0.2, 0.25) is 0 Å². The number of carboxylic acid groups (broad SMARTS) is 1. The van der Waals surface area contributed by atoms with Crippen LogP contribution in [0.3, 0.4) is 0 Å². The van der Waals surface area contributed by atoms with E-state index in [-0.39, 0.29) is 24.7 Å². The number of aliphatic carboxylic acids is 1. The first-order valence-corrected chi connectivity index (χ1v) is 7.94. The van der Waals surface area contributed by atoms with Crippen LogP contribution >= 0.6 is 0 Å². The minimum absolute atomic E-state index is 0.00892. The van der Waals surface area contributed by atoms with E-state index in [2.05, 4.69) is 4.90 Å². The number of rotatable bonds is 5. The minimum Gasteiger partial charge on any atom is -0.480 e. The standard InChI is InChI=1S/C15H26N2O4/c1-12(15(20)17-7-3-2-4-8-17)16-9-5-13(6-10-16)21-11-14(18)19/h12-13H,2-11H2,1H3,(H,18,19). The summed E-state index contributed by atoms with van der Waals surface area (Å²) in [4.78, 5) is 27.1. The summed E-state index contributed by atoms with van der Waals surface area (Å²) in [5, 5.41) is 8.62. The third-order valence-electron chi connectivity index (χ3n) is 4.49. The summed E-state index contributed by atoms with van der Waals surface area (Å²) in [7, 11) is 0. The average Bonchev–Trinajstić information content (AvgIpc) is 2.53. The van der Waals surface area contributed by atoms with Gasteiger partial charge in [-0.25, -0.2) is 4.79 Å². The molecule has 1 unspecified atom stereocenters. The van der Waals surface area contributed by atoms with Gasteiger partial charge in [-0.3, -0.25) is 9.69 Å². The molecule has 2 heterocycles. The Kier molecular flexibility index (Phi) is 5.99. The topological polar surface area (TPSA) is 70.1 Å². The molecule has 2 aliphatic heterocycles. The normalized spacial score (nSPS) is 23.0. The Bertz CT molecular complexity index is 361. The van der Waals surface area contributed by atoms with E-state index in [4.69, 9.17) is 9.84 Å². The molecule has 2 aliphatic rings. The second-order valence-corrected chi connectivity index (χ2v) is 6.00. The van der Waals surface area contributed by atoms with Crippen molar-refractivity contribution in [2.75, 3.05) is 32.8 Å². The van der Waals surface area contributed by atoms with E-state index in [1.807, 2.05) is 11.8 Å². The number of hydrogen-bond donors (Lipinski definition) is 1. The summed E-state index contributed by atoms with van der Waals surface area (Å²) in [6, 6.07) is -0.0801. The second-order valence-electron chi connectivity index (χ2n) is 6.00. The smallest absolute Gasteiger partial charge is 0.329 e. The first kappa shape index (κ1) is 16.2. The van der Waals surface area contributed by atoms with E-state index in [1.165, 1.54) is 6.42 Å². The van der Waals surface area contributed by atoms with Crippen molar-refractivity contribution in [2.45, 2.75) is 51.2 Å². The molecule has 21 heavy (non-hydrogen) atoms. The first-order valence-electron chi connectivity index (χ1n) is 7.94. The van der Waals surface area contributed by atoms with Gasteiger partial charge in [0.15, 0.2) is 0 Å². The molecule has 120 valence electrons. The van der Waals surface area contributed by atoms with Gasteiger partial charge in [-0.2, -0.15) is 0 Å². The highest BCUT2D eigenvalue weighted by Gasteiger charge is 2.30. The summed E-state index contributed by atoms with van der Waals surface area (Å²) < 4.78 is 5.33. The van der Waals surface area contributed by atoms with E-state index in [1.54, 1.807) is 0 Å². The largest absolute Gasteiger partial charge is 0.480 e. The van der Waals surface area contributed by atoms with E-state index >= 15 is 0 Å². The molecular weight excluding hydrogens is 272 g/mol. The van der Waals surface area contributed by atoms with Crippen molar-refractivity contribution in [1.29, 1.82) is 0 Å². The zero-order valence-electron chi connectivity index (χ0n) is 12.8. The number of hydrogen-bond acceptors (Lipinski definition) is 4. The summed E-state index contributed by atoms with van der Waals surface area (Å²) >= 11 is 0. The molecule has 2 rings (SSSR count). The van der Waals surface area contributed by atoms with Gasteiger partial charge in [-0.15, -0.1) is 0 Å². The predicted molar refractivity (Wildman–Crippen MR) is 78.1 cm³/mol. The number of likely N-dealkylation sites (tertiary alicyclic amines) is 2. The number of nitrogens with zero attached hydrogens (tertiary/aromatic N) is 2. The maximum Gasteiger partial charge on any atom is 0.329 e. The highest BCUT2D eigenvalue weighted by atomic mass is 16.5. The molecule has 6 nitrogen and oxygen atoms in total. The zero-order chi connectivity index (χ0) is 15.2. The van der Waals surface area contributed by atoms with Gasteiger partial charge in [0, 0.05) is 26.2 Å². The van der Waals surface area contributed by atoms with Crippen LogP contribution in [0.5, 0.6) is 0 Å². The van der Waals surface area contributed by atoms with Gasteiger partial charge in [0.2, 0.25) is 5.91 Å². The Morgan fingerprint density at radius 3 is 2.33 bits per heavy atom. The van der Waals surface area contributed by atoms with Crippen LogP contribution in [0.25, 0.3) is 0 Å². The lowest BCUT2D eigenvalue weighted by Gasteiger charge is -2.38. The molecule has 0 aromatic rings. The quantitative estimate of drug-likeness (QED) is 0.818. The van der Waals surface area contributed by atoms with E-state index in [0.29, 0.717) is 0 Å². The maximum absolute atomic E-state index is 12.5. The molecule has 1 N–H and O–H groups in total. The predicted octanol–water partition coefficient (Wildman–Crippen LogP) is 0.953. The third-order valence-corrected chi connectivity index (χ3v) is 4.49. The lowest BCUT2D eigenvalue weighted by atomic mass is 10.0. The lowest BCUT2D eigenvalue weighted by molar-refractivity contribution is -0.145. The molecule has 1 amide bonds. The Balaban J connectivity index is 1.75. The first-order chi connectivity index (χ1) is 10.1. The molecule has 0 aromatic carbocycles. The fourth-order valence-electron chi connectivity index (χ4n) is 3.15. The molecule has 2 saturated heterocycles. The fraction of sp³-hybridized carbons (Fsp3) is 0.867. The number of amides is 1. The minimum atomic E-state index is -0.925. The van der Waals surface area contributed by atoms with Gasteiger partial charge in [0.25, 0.3) is 0 Å². The second kappa shape index (κ2) is 7.75. The van der Waals surface area contributed by atoms with E-state index in [9.17, 15) is 9.59 Å². The Morgan fingerprint density at radius 2 is 1.76 bits per heavy atom. The van der Waals surface area contributed by atoms with Crippen molar-refractivity contribution in [1.82, 2.24) is 9.80 Å². The van der Waals surface area contributed by atoms with Crippen molar-refractivity contribution >= 4 is 11.9 Å². The summed E-state index contributed by atoms with van der Waals surface area (Å²) in [5.74, 6) is -0.689. The molecule has 0 spiro atoms. The van der Waals surface area contributed by atoms with Crippen LogP contribution in [0.4, 0.5) is 0 Å². The van der Waals surface area contributed by atoms with Crippen molar-refractivity contribution in [3.8, 4) is 0 Å². The molecule has 1 atom stereocenters. The molecule has 0 bridgehead atoms. The molecule has 2 fully saturated rings. The van der Waals surface area contributed by atoms with Crippen molar-refractivity contribution in [2.24, 2.45) is 0 Å². The Morgan fingerprint density at radius 1 is 1.14 bits per heavy atom. The number of ether oxygens (including phenoxy) is 1. The Hall–Kier alpha value is -1.14. The van der Waals surface area contributed by atoms with Gasteiger partial charge < -0.3 is 14.7 Å². The van der Waals surface area contributed by atoms with Crippen molar-refractivity contribution in [3.63, 3.8) is 0 Å².